The van der Waals surface area contributed by atoms with E-state index in [4.69, 9.17) is 16.7 Å². The van der Waals surface area contributed by atoms with Gasteiger partial charge in [-0.05, 0) is 0 Å². The Labute approximate surface area is 102 Å². The highest BCUT2D eigenvalue weighted by molar-refractivity contribution is 7.12. The third-order valence-corrected chi connectivity index (χ3v) is 2.97. The van der Waals surface area contributed by atoms with Crippen LogP contribution < -0.4 is 0 Å². The molecule has 9 heteroatoms. The lowest BCUT2D eigenvalue weighted by Gasteiger charge is -1.95. The molecule has 0 amide bonds. The molecule has 2 heterocycles. The van der Waals surface area contributed by atoms with Crippen LogP contribution in [-0.2, 0) is 0 Å². The number of thiazole rings is 1. The molecule has 0 bridgehead atoms. The van der Waals surface area contributed by atoms with E-state index >= 15 is 0 Å². The lowest BCUT2D eigenvalue weighted by molar-refractivity contribution is 0.0684. The smallest absolute Gasteiger partial charge is 0.341 e. The van der Waals surface area contributed by atoms with Gasteiger partial charge >= 0.3 is 5.97 Å². The zero-order chi connectivity index (χ0) is 12.6. The van der Waals surface area contributed by atoms with Gasteiger partial charge in [0.1, 0.15) is 11.3 Å². The molecular formula is C8H4ClF2N3O2S. The molecule has 2 aromatic rings. The highest BCUT2D eigenvalue weighted by Gasteiger charge is 2.28. The standard InChI is InChI=1S/C8H4ClF2N3O2S/c9-5-3(7(15)16)4(6(10)11)13-14(5)8-12-1-2-17-8/h1-2,6H,(H,15,16). The molecule has 0 saturated heterocycles. The molecule has 0 atom stereocenters. The zero-order valence-corrected chi connectivity index (χ0v) is 9.54. The van der Waals surface area contributed by atoms with Crippen LogP contribution in [0.4, 0.5) is 8.78 Å². The molecule has 0 aliphatic carbocycles. The largest absolute Gasteiger partial charge is 0.478 e. The van der Waals surface area contributed by atoms with Crippen molar-refractivity contribution in [3.63, 3.8) is 0 Å². The molecule has 1 N–H and O–H groups in total. The van der Waals surface area contributed by atoms with Gasteiger partial charge in [-0.1, -0.05) is 11.6 Å². The summed E-state index contributed by atoms with van der Waals surface area (Å²) in [6, 6.07) is 0. The van der Waals surface area contributed by atoms with Crippen molar-refractivity contribution in [3.8, 4) is 5.13 Å². The number of nitrogens with zero attached hydrogens (tertiary/aromatic N) is 3. The summed E-state index contributed by atoms with van der Waals surface area (Å²) in [5.41, 5.74) is -1.56. The Bertz CT molecular complexity index is 555. The molecule has 0 radical (unpaired) electrons. The average molecular weight is 280 g/mol. The van der Waals surface area contributed by atoms with E-state index in [0.29, 0.717) is 0 Å². The first kappa shape index (κ1) is 11.9. The van der Waals surface area contributed by atoms with Gasteiger partial charge in [0.05, 0.1) is 0 Å². The van der Waals surface area contributed by atoms with Crippen molar-refractivity contribution in [1.29, 1.82) is 0 Å². The number of carboxylic acid groups (broad SMARTS) is 1. The van der Waals surface area contributed by atoms with Crippen molar-refractivity contribution in [2.45, 2.75) is 6.43 Å². The Morgan fingerprint density at radius 2 is 2.29 bits per heavy atom. The molecule has 2 rings (SSSR count). The topological polar surface area (TPSA) is 68.0 Å². The van der Waals surface area contributed by atoms with E-state index in [0.717, 1.165) is 16.0 Å². The van der Waals surface area contributed by atoms with Gasteiger partial charge in [0.15, 0.2) is 5.15 Å². The predicted octanol–water partition coefficient (Wildman–Crippen LogP) is 2.62. The lowest BCUT2D eigenvalue weighted by atomic mass is 10.2. The van der Waals surface area contributed by atoms with Gasteiger partial charge in [-0.25, -0.2) is 18.6 Å². The van der Waals surface area contributed by atoms with E-state index in [1.54, 1.807) is 5.38 Å². The molecule has 0 aliphatic rings. The van der Waals surface area contributed by atoms with Crippen LogP contribution in [0.2, 0.25) is 5.15 Å². The minimum Gasteiger partial charge on any atom is -0.478 e. The number of carbonyl (C=O) groups is 1. The summed E-state index contributed by atoms with van der Waals surface area (Å²) in [7, 11) is 0. The molecule has 90 valence electrons. The minimum absolute atomic E-state index is 0.226. The fraction of sp³-hybridized carbons (Fsp3) is 0.125. The first-order valence-electron chi connectivity index (χ1n) is 4.22. The van der Waals surface area contributed by atoms with E-state index in [-0.39, 0.29) is 10.3 Å². The van der Waals surface area contributed by atoms with Gasteiger partial charge in [0.25, 0.3) is 6.43 Å². The first-order valence-corrected chi connectivity index (χ1v) is 5.48. The van der Waals surface area contributed by atoms with E-state index in [1.807, 2.05) is 0 Å². The number of hydrogen-bond acceptors (Lipinski definition) is 4. The van der Waals surface area contributed by atoms with Crippen molar-refractivity contribution < 1.29 is 18.7 Å². The normalized spacial score (nSPS) is 11.1. The highest BCUT2D eigenvalue weighted by atomic mass is 35.5. The Kier molecular flexibility index (Phi) is 3.07. The quantitative estimate of drug-likeness (QED) is 0.938. The van der Waals surface area contributed by atoms with Crippen LogP contribution in [0.15, 0.2) is 11.6 Å². The molecule has 0 aliphatic heterocycles. The van der Waals surface area contributed by atoms with Crippen LogP contribution in [0.5, 0.6) is 0 Å². The molecule has 0 fully saturated rings. The van der Waals surface area contributed by atoms with E-state index in [2.05, 4.69) is 10.1 Å². The molecule has 5 nitrogen and oxygen atoms in total. The number of halogens is 3. The summed E-state index contributed by atoms with van der Waals surface area (Å²) >= 11 is 6.82. The van der Waals surface area contributed by atoms with E-state index in [1.165, 1.54) is 6.20 Å². The number of rotatable bonds is 3. The summed E-state index contributed by atoms with van der Waals surface area (Å²) in [6.45, 7) is 0. The fourth-order valence-corrected chi connectivity index (χ4v) is 2.15. The maximum Gasteiger partial charge on any atom is 0.341 e. The molecule has 0 saturated carbocycles. The molecular weight excluding hydrogens is 276 g/mol. The Morgan fingerprint density at radius 3 is 2.71 bits per heavy atom. The van der Waals surface area contributed by atoms with Crippen molar-refractivity contribution in [3.05, 3.63) is 28.0 Å². The maximum atomic E-state index is 12.6. The molecule has 17 heavy (non-hydrogen) atoms. The van der Waals surface area contributed by atoms with E-state index < -0.39 is 23.7 Å². The lowest BCUT2D eigenvalue weighted by Crippen LogP contribution is -2.00. The number of alkyl halides is 2. The highest BCUT2D eigenvalue weighted by Crippen LogP contribution is 2.30. The second kappa shape index (κ2) is 4.38. The van der Waals surface area contributed by atoms with Crippen molar-refractivity contribution in [2.24, 2.45) is 0 Å². The molecule has 0 aromatic carbocycles. The monoisotopic (exact) mass is 279 g/mol. The van der Waals surface area contributed by atoms with Gasteiger partial charge in [0.2, 0.25) is 5.13 Å². The average Bonchev–Trinajstić information content (AvgIpc) is 2.83. The van der Waals surface area contributed by atoms with Gasteiger partial charge in [-0.2, -0.15) is 9.78 Å². The third kappa shape index (κ3) is 2.01. The second-order valence-electron chi connectivity index (χ2n) is 2.88. The van der Waals surface area contributed by atoms with Crippen LogP contribution in [0, 0.1) is 0 Å². The first-order chi connectivity index (χ1) is 8.02. The van der Waals surface area contributed by atoms with Crippen LogP contribution in [-0.4, -0.2) is 25.8 Å². The third-order valence-electron chi connectivity index (χ3n) is 1.88. The van der Waals surface area contributed by atoms with Crippen LogP contribution in [0.1, 0.15) is 22.5 Å². The van der Waals surface area contributed by atoms with Crippen LogP contribution in [0.25, 0.3) is 5.13 Å². The van der Waals surface area contributed by atoms with E-state index in [9.17, 15) is 13.6 Å². The Balaban J connectivity index is 2.64. The summed E-state index contributed by atoms with van der Waals surface area (Å²) in [6.07, 6.45) is -1.58. The van der Waals surface area contributed by atoms with Crippen molar-refractivity contribution >= 4 is 28.9 Å². The SMILES string of the molecule is O=C(O)c1c(C(F)F)nn(-c2nccs2)c1Cl. The fourth-order valence-electron chi connectivity index (χ4n) is 1.21. The summed E-state index contributed by atoms with van der Waals surface area (Å²) < 4.78 is 26.1. The summed E-state index contributed by atoms with van der Waals surface area (Å²) in [4.78, 5) is 14.7. The van der Waals surface area contributed by atoms with Gasteiger partial charge < -0.3 is 5.11 Å². The Morgan fingerprint density at radius 1 is 1.59 bits per heavy atom. The van der Waals surface area contributed by atoms with Crippen molar-refractivity contribution in [1.82, 2.24) is 14.8 Å². The van der Waals surface area contributed by atoms with Crippen LogP contribution >= 0.6 is 22.9 Å². The van der Waals surface area contributed by atoms with Gasteiger partial charge in [-0.3, -0.25) is 0 Å². The number of carboxylic acids is 1. The number of aromatic carboxylic acids is 1. The number of aromatic nitrogens is 3. The van der Waals surface area contributed by atoms with Gasteiger partial charge in [0, 0.05) is 11.6 Å². The Hall–Kier alpha value is -1.54. The zero-order valence-electron chi connectivity index (χ0n) is 7.97. The maximum absolute atomic E-state index is 12.6. The number of hydrogen-bond donors (Lipinski definition) is 1. The van der Waals surface area contributed by atoms with Crippen LogP contribution in [0.3, 0.4) is 0 Å². The predicted molar refractivity (Wildman–Crippen MR) is 56.2 cm³/mol. The molecule has 0 spiro atoms. The van der Waals surface area contributed by atoms with Gasteiger partial charge in [-0.15, -0.1) is 11.3 Å². The second-order valence-corrected chi connectivity index (χ2v) is 4.11. The summed E-state index contributed by atoms with van der Waals surface area (Å²) in [5.74, 6) is -1.55. The molecule has 2 aromatic heterocycles. The summed E-state index contributed by atoms with van der Waals surface area (Å²) in [5, 5.41) is 13.7. The minimum atomic E-state index is -3.01. The van der Waals surface area contributed by atoms with Crippen molar-refractivity contribution in [2.75, 3.05) is 0 Å². The molecule has 0 unspecified atom stereocenters.